The number of fused-ring (bicyclic) bond motifs is 3. The van der Waals surface area contributed by atoms with Gasteiger partial charge in [-0.05, 0) is 48.4 Å². The van der Waals surface area contributed by atoms with Gasteiger partial charge in [-0.15, -0.1) is 0 Å². The van der Waals surface area contributed by atoms with Crippen molar-refractivity contribution in [2.45, 2.75) is 25.6 Å². The fourth-order valence-electron chi connectivity index (χ4n) is 4.14. The second kappa shape index (κ2) is 7.80. The number of benzene rings is 3. The zero-order chi connectivity index (χ0) is 21.3. The number of rotatable bonds is 5. The highest BCUT2D eigenvalue weighted by Gasteiger charge is 2.45. The lowest BCUT2D eigenvalue weighted by Gasteiger charge is -2.31. The van der Waals surface area contributed by atoms with Gasteiger partial charge in [0, 0.05) is 11.8 Å². The molecule has 0 amide bonds. The van der Waals surface area contributed by atoms with E-state index >= 15 is 0 Å². The molecule has 5 rings (SSSR count). The quantitative estimate of drug-likeness (QED) is 0.410. The smallest absolute Gasteiger partial charge is 0.227 e. The molecule has 1 atom stereocenters. The minimum Gasteiger partial charge on any atom is -0.489 e. The zero-order valence-electron chi connectivity index (χ0n) is 17.3. The summed E-state index contributed by atoms with van der Waals surface area (Å²) < 4.78 is 14.3. The number of hydrogen-bond acceptors (Lipinski definition) is 3. The first kappa shape index (κ1) is 19.2. The van der Waals surface area contributed by atoms with Crippen molar-refractivity contribution in [2.24, 2.45) is 0 Å². The molecule has 4 nitrogen and oxygen atoms in total. The molecule has 0 fully saturated rings. The normalized spacial score (nSPS) is 17.3. The van der Waals surface area contributed by atoms with Gasteiger partial charge in [-0.2, -0.15) is 0 Å². The Hall–Kier alpha value is -3.79. The van der Waals surface area contributed by atoms with E-state index in [2.05, 4.69) is 0 Å². The summed E-state index contributed by atoms with van der Waals surface area (Å²) in [6, 6.07) is 29.2. The Labute approximate surface area is 181 Å². The van der Waals surface area contributed by atoms with E-state index in [-0.39, 0.29) is 5.78 Å². The third kappa shape index (κ3) is 3.30. The van der Waals surface area contributed by atoms with Gasteiger partial charge in [0.1, 0.15) is 18.1 Å². The molecule has 0 radical (unpaired) electrons. The predicted octanol–water partition coefficient (Wildman–Crippen LogP) is 5.94. The molecule has 0 N–H and O–H groups in total. The van der Waals surface area contributed by atoms with Gasteiger partial charge in [-0.25, -0.2) is 0 Å². The number of ether oxygens (including phenoxy) is 2. The van der Waals surface area contributed by atoms with E-state index in [9.17, 15) is 4.79 Å². The van der Waals surface area contributed by atoms with Crippen LogP contribution >= 0.6 is 0 Å². The van der Waals surface area contributed by atoms with Crippen molar-refractivity contribution in [3.63, 3.8) is 0 Å². The van der Waals surface area contributed by atoms with E-state index in [1.807, 2.05) is 109 Å². The van der Waals surface area contributed by atoms with Crippen molar-refractivity contribution >= 4 is 5.78 Å². The summed E-state index contributed by atoms with van der Waals surface area (Å²) >= 11 is 0. The van der Waals surface area contributed by atoms with Crippen LogP contribution in [0, 0.1) is 0 Å². The molecule has 2 heterocycles. The second-order valence-electron chi connectivity index (χ2n) is 7.64. The Bertz CT molecular complexity index is 1210. The highest BCUT2D eigenvalue weighted by molar-refractivity contribution is 6.03. The summed E-state index contributed by atoms with van der Waals surface area (Å²) in [4.78, 5) is 13.7. The van der Waals surface area contributed by atoms with E-state index in [0.29, 0.717) is 24.5 Å². The van der Waals surface area contributed by atoms with Crippen molar-refractivity contribution in [3.8, 4) is 17.2 Å². The summed E-state index contributed by atoms with van der Waals surface area (Å²) in [5.74, 6) is 1.49. The molecule has 1 aliphatic heterocycles. The van der Waals surface area contributed by atoms with Gasteiger partial charge < -0.3 is 14.0 Å². The van der Waals surface area contributed by atoms with Crippen LogP contribution in [0.3, 0.4) is 0 Å². The van der Waals surface area contributed by atoms with Gasteiger partial charge in [0.2, 0.25) is 5.78 Å². The molecular formula is C27H23NO3. The predicted molar refractivity (Wildman–Crippen MR) is 120 cm³/mol. The topological polar surface area (TPSA) is 40.5 Å². The standard InChI is InChI=1S/C27H23NO3/c1-2-27(21-16-14-20(15-17-21)19-30-22-9-4-3-5-10-22)26(29)24-12-8-18-28(24)23-11-6-7-13-25(23)31-27/h3-18H,2,19H2,1H3. The van der Waals surface area contributed by atoms with Crippen LogP contribution in [0.5, 0.6) is 11.5 Å². The maximum absolute atomic E-state index is 13.7. The monoisotopic (exact) mass is 409 g/mol. The molecule has 0 spiro atoms. The lowest BCUT2D eigenvalue weighted by molar-refractivity contribution is 0.0424. The SMILES string of the molecule is CCC1(c2ccc(COc3ccccc3)cc2)Oc2ccccc2-n2cccc2C1=O. The van der Waals surface area contributed by atoms with E-state index in [4.69, 9.17) is 9.47 Å². The summed E-state index contributed by atoms with van der Waals surface area (Å²) in [5, 5.41) is 0. The lowest BCUT2D eigenvalue weighted by Crippen LogP contribution is -2.41. The van der Waals surface area contributed by atoms with Crippen LogP contribution in [0.25, 0.3) is 5.69 Å². The van der Waals surface area contributed by atoms with Crippen molar-refractivity contribution < 1.29 is 14.3 Å². The summed E-state index contributed by atoms with van der Waals surface area (Å²) in [5.41, 5.74) is 2.29. The molecule has 1 aliphatic rings. The van der Waals surface area contributed by atoms with Crippen LogP contribution in [0.15, 0.2) is 97.2 Å². The third-order valence-electron chi connectivity index (χ3n) is 5.82. The van der Waals surface area contributed by atoms with Gasteiger partial charge in [0.25, 0.3) is 0 Å². The van der Waals surface area contributed by atoms with Gasteiger partial charge >= 0.3 is 0 Å². The third-order valence-corrected chi connectivity index (χ3v) is 5.82. The number of Topliss-reactive ketones (excluding diaryl/α,β-unsaturated/α-hetero) is 1. The van der Waals surface area contributed by atoms with Crippen LogP contribution in [-0.4, -0.2) is 10.4 Å². The van der Waals surface area contributed by atoms with Crippen LogP contribution in [0.2, 0.25) is 0 Å². The minimum absolute atomic E-state index is 0.0375. The number of hydrogen-bond donors (Lipinski definition) is 0. The van der Waals surface area contributed by atoms with E-state index in [1.54, 1.807) is 0 Å². The Morgan fingerprint density at radius 2 is 1.61 bits per heavy atom. The average Bonchev–Trinajstić information content (AvgIpc) is 3.28. The maximum Gasteiger partial charge on any atom is 0.227 e. The number of ketones is 1. The zero-order valence-corrected chi connectivity index (χ0v) is 17.3. The van der Waals surface area contributed by atoms with Crippen LogP contribution in [-0.2, 0) is 12.2 Å². The molecule has 0 aliphatic carbocycles. The first-order chi connectivity index (χ1) is 15.2. The van der Waals surface area contributed by atoms with Crippen LogP contribution in [0.4, 0.5) is 0 Å². The first-order valence-electron chi connectivity index (χ1n) is 10.5. The van der Waals surface area contributed by atoms with Gasteiger partial charge in [0.05, 0.1) is 11.4 Å². The van der Waals surface area contributed by atoms with Crippen LogP contribution < -0.4 is 9.47 Å². The number of carbonyl (C=O) groups excluding carboxylic acids is 1. The van der Waals surface area contributed by atoms with E-state index in [1.165, 1.54) is 0 Å². The fourth-order valence-corrected chi connectivity index (χ4v) is 4.14. The summed E-state index contributed by atoms with van der Waals surface area (Å²) in [7, 11) is 0. The van der Waals surface area contributed by atoms with Gasteiger partial charge in [-0.1, -0.05) is 61.5 Å². The molecule has 4 heteroatoms. The minimum atomic E-state index is -1.08. The molecule has 1 unspecified atom stereocenters. The number of carbonyl (C=O) groups is 1. The van der Waals surface area contributed by atoms with Crippen molar-refractivity contribution in [2.75, 3.05) is 0 Å². The number of nitrogens with zero attached hydrogens (tertiary/aromatic N) is 1. The van der Waals surface area contributed by atoms with Gasteiger partial charge in [-0.3, -0.25) is 4.79 Å². The first-order valence-corrected chi connectivity index (χ1v) is 10.5. The Balaban J connectivity index is 1.50. The van der Waals surface area contributed by atoms with Crippen molar-refractivity contribution in [1.29, 1.82) is 0 Å². The lowest BCUT2D eigenvalue weighted by atomic mass is 9.84. The number of aromatic nitrogens is 1. The molecular weight excluding hydrogens is 386 g/mol. The highest BCUT2D eigenvalue weighted by Crippen LogP contribution is 2.41. The molecule has 3 aromatic carbocycles. The number of para-hydroxylation sites is 3. The second-order valence-corrected chi connectivity index (χ2v) is 7.64. The van der Waals surface area contributed by atoms with Crippen molar-refractivity contribution in [1.82, 2.24) is 4.57 Å². The molecule has 31 heavy (non-hydrogen) atoms. The Morgan fingerprint density at radius 3 is 2.39 bits per heavy atom. The molecule has 0 saturated heterocycles. The van der Waals surface area contributed by atoms with Crippen LogP contribution in [0.1, 0.15) is 35.0 Å². The largest absolute Gasteiger partial charge is 0.489 e. The van der Waals surface area contributed by atoms with E-state index in [0.717, 1.165) is 22.6 Å². The fraction of sp³-hybridized carbons (Fsp3) is 0.148. The van der Waals surface area contributed by atoms with Crippen molar-refractivity contribution in [3.05, 3.63) is 114 Å². The molecule has 154 valence electrons. The Kier molecular flexibility index (Phi) is 4.83. The summed E-state index contributed by atoms with van der Waals surface area (Å²) in [6.07, 6.45) is 2.43. The molecule has 0 saturated carbocycles. The maximum atomic E-state index is 13.7. The van der Waals surface area contributed by atoms with Gasteiger partial charge in [0.15, 0.2) is 5.60 Å². The molecule has 0 bridgehead atoms. The Morgan fingerprint density at radius 1 is 0.871 bits per heavy atom. The molecule has 4 aromatic rings. The van der Waals surface area contributed by atoms with E-state index < -0.39 is 5.60 Å². The highest BCUT2D eigenvalue weighted by atomic mass is 16.5. The average molecular weight is 409 g/mol. The summed E-state index contributed by atoms with van der Waals surface area (Å²) in [6.45, 7) is 2.45. The molecule has 1 aromatic heterocycles.